The maximum Gasteiger partial charge on any atom is 0.325 e. The Bertz CT molecular complexity index is 1050. The van der Waals surface area contributed by atoms with E-state index in [1.165, 1.54) is 37.1 Å². The van der Waals surface area contributed by atoms with Gasteiger partial charge in [0.2, 0.25) is 0 Å². The summed E-state index contributed by atoms with van der Waals surface area (Å²) >= 11 is 0. The summed E-state index contributed by atoms with van der Waals surface area (Å²) in [5, 5.41) is 40.8. The van der Waals surface area contributed by atoms with Crippen molar-refractivity contribution in [3.63, 3.8) is 0 Å². The van der Waals surface area contributed by atoms with Crippen molar-refractivity contribution in [1.29, 1.82) is 0 Å². The molecule has 7 nitrogen and oxygen atoms in total. The molecule has 2 rings (SSSR count). The molecule has 0 fully saturated rings. The number of hydrogen-bond donors (Lipinski definition) is 4. The highest BCUT2D eigenvalue weighted by Gasteiger charge is 2.58. The molecule has 2 unspecified atom stereocenters. The van der Waals surface area contributed by atoms with Gasteiger partial charge in [0, 0.05) is 11.1 Å². The number of carboxylic acids is 1. The molecule has 3 atom stereocenters. The van der Waals surface area contributed by atoms with Gasteiger partial charge in [-0.2, -0.15) is 0 Å². The maximum absolute atomic E-state index is 14.0. The Balaban J connectivity index is 2.19. The van der Waals surface area contributed by atoms with Crippen LogP contribution in [-0.2, 0) is 4.79 Å². The van der Waals surface area contributed by atoms with Crippen LogP contribution in [-0.4, -0.2) is 56.8 Å². The summed E-state index contributed by atoms with van der Waals surface area (Å²) in [6.45, 7) is 1.55. The first-order chi connectivity index (χ1) is 20.3. The van der Waals surface area contributed by atoms with Gasteiger partial charge in [-0.25, -0.2) is 0 Å². The molecule has 0 bridgehead atoms. The normalized spacial score (nSPS) is 14.0. The zero-order valence-corrected chi connectivity index (χ0v) is 24.9. The van der Waals surface area contributed by atoms with E-state index in [-0.39, 0.29) is 30.1 Å². The third kappa shape index (κ3) is 10.3. The second-order valence-electron chi connectivity index (χ2n) is 11.1. The summed E-state index contributed by atoms with van der Waals surface area (Å²) < 4.78 is 0. The fourth-order valence-electron chi connectivity index (χ4n) is 5.52. The second-order valence-corrected chi connectivity index (χ2v) is 11.1. The van der Waals surface area contributed by atoms with Gasteiger partial charge in [0.25, 0.3) is 0 Å². The van der Waals surface area contributed by atoms with Gasteiger partial charge in [-0.15, -0.1) is 0 Å². The molecular weight excluding hydrogens is 532 g/mol. The molecule has 0 saturated carbocycles. The van der Waals surface area contributed by atoms with Gasteiger partial charge >= 0.3 is 5.97 Å². The average molecular weight is 581 g/mol. The number of aliphatic carboxylic acids is 1. The van der Waals surface area contributed by atoms with Gasteiger partial charge < -0.3 is 20.4 Å². The maximum atomic E-state index is 14.0. The summed E-state index contributed by atoms with van der Waals surface area (Å²) in [6, 6.07) is 15.8. The molecule has 0 aromatic heterocycles. The van der Waals surface area contributed by atoms with Crippen molar-refractivity contribution in [2.75, 3.05) is 6.61 Å². The molecular formula is C35H48O7. The van der Waals surface area contributed by atoms with Crippen LogP contribution in [0, 0.1) is 11.3 Å². The van der Waals surface area contributed by atoms with Crippen LogP contribution in [0.3, 0.4) is 0 Å². The number of aliphatic hydroxyl groups is 3. The van der Waals surface area contributed by atoms with Gasteiger partial charge in [-0.05, 0) is 44.4 Å². The molecule has 0 heterocycles. The Morgan fingerprint density at radius 2 is 1.29 bits per heavy atom. The lowest BCUT2D eigenvalue weighted by Crippen LogP contribution is -2.53. The highest BCUT2D eigenvalue weighted by Crippen LogP contribution is 2.42. The highest BCUT2D eigenvalue weighted by atomic mass is 16.4. The van der Waals surface area contributed by atoms with Gasteiger partial charge in [-0.1, -0.05) is 118 Å². The van der Waals surface area contributed by atoms with E-state index in [0.717, 1.165) is 38.5 Å². The largest absolute Gasteiger partial charge is 0.480 e. The molecule has 0 aliphatic heterocycles. The predicted octanol–water partition coefficient (Wildman–Crippen LogP) is 6.41. The fourth-order valence-corrected chi connectivity index (χ4v) is 5.52. The number of Topliss-reactive ketones (excluding diaryl/α,β-unsaturated/α-hetero) is 2. The molecule has 0 aliphatic carbocycles. The molecule has 0 spiro atoms. The second kappa shape index (κ2) is 19.1. The van der Waals surface area contributed by atoms with E-state index < -0.39 is 41.6 Å². The van der Waals surface area contributed by atoms with Crippen LogP contribution in [0.4, 0.5) is 0 Å². The number of hydrogen-bond acceptors (Lipinski definition) is 6. The summed E-state index contributed by atoms with van der Waals surface area (Å²) in [6.07, 6.45) is 11.3. The Morgan fingerprint density at radius 1 is 0.738 bits per heavy atom. The molecule has 230 valence electrons. The predicted molar refractivity (Wildman–Crippen MR) is 164 cm³/mol. The standard InChI is InChI=1S/C35H48O7/c1-2-3-4-16-23-30(37)24-17-8-6-5-7-15-22-29(25-31(38)26-36)35(34(41)42,32(39)27-18-11-9-12-19-27)33(40)28-20-13-10-14-21-28/h8-14,17-21,29-31,36-38H,2-7,15-16,22-26H2,1H3,(H,41,42)/b17-8-/t29?,30-,31?/m1/s1. The van der Waals surface area contributed by atoms with Crippen LogP contribution in [0.1, 0.15) is 105 Å². The minimum atomic E-state index is -2.47. The lowest BCUT2D eigenvalue weighted by molar-refractivity contribution is -0.146. The Kier molecular flexibility index (Phi) is 16.0. The monoisotopic (exact) mass is 580 g/mol. The van der Waals surface area contributed by atoms with Gasteiger partial charge in [-0.3, -0.25) is 14.4 Å². The molecule has 0 amide bonds. The zero-order chi connectivity index (χ0) is 30.8. The molecule has 0 radical (unpaired) electrons. The first-order valence-corrected chi connectivity index (χ1v) is 15.3. The van der Waals surface area contributed by atoms with E-state index in [9.17, 15) is 34.8 Å². The number of carboxylic acid groups (broad SMARTS) is 1. The van der Waals surface area contributed by atoms with Crippen LogP contribution in [0.15, 0.2) is 72.8 Å². The van der Waals surface area contributed by atoms with E-state index in [4.69, 9.17) is 0 Å². The molecule has 0 saturated heterocycles. The Hall–Kier alpha value is -3.13. The molecule has 42 heavy (non-hydrogen) atoms. The number of unbranched alkanes of at least 4 members (excludes halogenated alkanes) is 6. The number of benzene rings is 2. The van der Waals surface area contributed by atoms with E-state index in [1.54, 1.807) is 36.4 Å². The number of allylic oxidation sites excluding steroid dienone is 1. The van der Waals surface area contributed by atoms with Gasteiger partial charge in [0.15, 0.2) is 17.0 Å². The van der Waals surface area contributed by atoms with Crippen LogP contribution in [0.25, 0.3) is 0 Å². The van der Waals surface area contributed by atoms with Crippen molar-refractivity contribution < 1.29 is 34.8 Å². The van der Waals surface area contributed by atoms with Crippen LogP contribution in [0.5, 0.6) is 0 Å². The molecule has 7 heteroatoms. The number of ketones is 2. The van der Waals surface area contributed by atoms with Crippen molar-refractivity contribution in [3.8, 4) is 0 Å². The first-order valence-electron chi connectivity index (χ1n) is 15.3. The lowest BCUT2D eigenvalue weighted by Gasteiger charge is -2.36. The summed E-state index contributed by atoms with van der Waals surface area (Å²) in [5.74, 6) is -4.25. The average Bonchev–Trinajstić information content (AvgIpc) is 3.01. The number of carbonyl (C=O) groups excluding carboxylic acids is 2. The van der Waals surface area contributed by atoms with E-state index in [1.807, 2.05) is 12.2 Å². The minimum absolute atomic E-state index is 0.102. The highest BCUT2D eigenvalue weighted by molar-refractivity contribution is 6.30. The summed E-state index contributed by atoms with van der Waals surface area (Å²) in [5.41, 5.74) is -2.26. The number of rotatable bonds is 22. The Morgan fingerprint density at radius 3 is 1.81 bits per heavy atom. The van der Waals surface area contributed by atoms with E-state index in [0.29, 0.717) is 12.8 Å². The summed E-state index contributed by atoms with van der Waals surface area (Å²) in [4.78, 5) is 41.1. The SMILES string of the molecule is CCCCCC[C@@H](O)C/C=C\CCCCCC(CC(O)CO)C(C(=O)O)(C(=O)c1ccccc1)C(=O)c1ccccc1. The Labute approximate surface area is 250 Å². The lowest BCUT2D eigenvalue weighted by atomic mass is 9.62. The van der Waals surface area contributed by atoms with Crippen molar-refractivity contribution in [3.05, 3.63) is 83.9 Å². The van der Waals surface area contributed by atoms with Crippen LogP contribution < -0.4 is 0 Å². The third-order valence-electron chi connectivity index (χ3n) is 7.89. The van der Waals surface area contributed by atoms with Gasteiger partial charge in [0.05, 0.1) is 18.8 Å². The molecule has 2 aromatic rings. The first kappa shape index (κ1) is 35.1. The van der Waals surface area contributed by atoms with Crippen molar-refractivity contribution in [1.82, 2.24) is 0 Å². The fraction of sp³-hybridized carbons (Fsp3) is 0.514. The van der Waals surface area contributed by atoms with Crippen molar-refractivity contribution in [2.45, 2.75) is 96.2 Å². The summed E-state index contributed by atoms with van der Waals surface area (Å²) in [7, 11) is 0. The quantitative estimate of drug-likeness (QED) is 0.0547. The smallest absolute Gasteiger partial charge is 0.325 e. The number of aliphatic hydroxyl groups excluding tert-OH is 3. The zero-order valence-electron chi connectivity index (χ0n) is 24.9. The minimum Gasteiger partial charge on any atom is -0.480 e. The van der Waals surface area contributed by atoms with E-state index in [2.05, 4.69) is 6.92 Å². The number of carbonyl (C=O) groups is 3. The molecule has 2 aromatic carbocycles. The van der Waals surface area contributed by atoms with Gasteiger partial charge in [0.1, 0.15) is 0 Å². The van der Waals surface area contributed by atoms with Crippen LogP contribution in [0.2, 0.25) is 0 Å². The topological polar surface area (TPSA) is 132 Å². The van der Waals surface area contributed by atoms with Crippen LogP contribution >= 0.6 is 0 Å². The van der Waals surface area contributed by atoms with Crippen molar-refractivity contribution >= 4 is 17.5 Å². The molecule has 0 aliphatic rings. The molecule has 4 N–H and O–H groups in total. The van der Waals surface area contributed by atoms with Crippen molar-refractivity contribution in [2.24, 2.45) is 11.3 Å². The van der Waals surface area contributed by atoms with E-state index >= 15 is 0 Å². The third-order valence-corrected chi connectivity index (χ3v) is 7.89.